The lowest BCUT2D eigenvalue weighted by molar-refractivity contribution is 0.0570. The summed E-state index contributed by atoms with van der Waals surface area (Å²) in [5, 5.41) is 18.0. The van der Waals surface area contributed by atoms with Crippen molar-refractivity contribution in [3.05, 3.63) is 11.3 Å². The van der Waals surface area contributed by atoms with E-state index in [4.69, 9.17) is 9.84 Å². The van der Waals surface area contributed by atoms with Gasteiger partial charge in [-0.25, -0.2) is 0 Å². The van der Waals surface area contributed by atoms with Gasteiger partial charge in [0, 0.05) is 0 Å². The van der Waals surface area contributed by atoms with Crippen molar-refractivity contribution in [1.29, 1.82) is 0 Å². The third kappa shape index (κ3) is 3.74. The second-order valence-electron chi connectivity index (χ2n) is 2.91. The Labute approximate surface area is 73.7 Å². The zero-order valence-corrected chi connectivity index (χ0v) is 8.00. The van der Waals surface area contributed by atoms with Crippen LogP contribution in [0.1, 0.15) is 27.2 Å². The highest BCUT2D eigenvalue weighted by Gasteiger charge is 2.11. The molecule has 0 fully saturated rings. The first-order valence-electron chi connectivity index (χ1n) is 4.22. The van der Waals surface area contributed by atoms with Crippen LogP contribution in [0.4, 0.5) is 0 Å². The summed E-state index contributed by atoms with van der Waals surface area (Å²) in [5.74, 6) is 0.499. The van der Waals surface area contributed by atoms with Gasteiger partial charge in [-0.1, -0.05) is 6.92 Å². The molecule has 72 valence electrons. The van der Waals surface area contributed by atoms with Crippen LogP contribution in [0.3, 0.4) is 0 Å². The second-order valence-corrected chi connectivity index (χ2v) is 2.91. The Morgan fingerprint density at radius 1 is 1.42 bits per heavy atom. The molecular formula is C9H18O3. The molecule has 0 aromatic carbocycles. The van der Waals surface area contributed by atoms with E-state index in [1.54, 1.807) is 0 Å². The van der Waals surface area contributed by atoms with Gasteiger partial charge in [-0.2, -0.15) is 0 Å². The molecule has 0 saturated heterocycles. The fraction of sp³-hybridized carbons (Fsp3) is 0.778. The summed E-state index contributed by atoms with van der Waals surface area (Å²) in [6, 6.07) is 0. The molecule has 12 heavy (non-hydrogen) atoms. The van der Waals surface area contributed by atoms with Crippen molar-refractivity contribution in [2.45, 2.75) is 33.3 Å². The quantitative estimate of drug-likeness (QED) is 0.613. The van der Waals surface area contributed by atoms with Gasteiger partial charge in [-0.3, -0.25) is 0 Å². The summed E-state index contributed by atoms with van der Waals surface area (Å²) in [7, 11) is 0. The molecule has 1 unspecified atom stereocenters. The maximum atomic E-state index is 9.28. The number of hydrogen-bond acceptors (Lipinski definition) is 3. The molecule has 0 aromatic heterocycles. The van der Waals surface area contributed by atoms with Crippen molar-refractivity contribution in [3.8, 4) is 0 Å². The predicted octanol–water partition coefficient (Wildman–Crippen LogP) is 1.06. The minimum Gasteiger partial charge on any atom is -0.495 e. The Hall–Kier alpha value is -0.540. The van der Waals surface area contributed by atoms with Crippen molar-refractivity contribution in [2.75, 3.05) is 13.2 Å². The third-order valence-electron chi connectivity index (χ3n) is 1.43. The minimum absolute atomic E-state index is 0.287. The Kier molecular flexibility index (Phi) is 5.76. The molecule has 0 spiro atoms. The van der Waals surface area contributed by atoms with Crippen LogP contribution in [0.25, 0.3) is 0 Å². The van der Waals surface area contributed by atoms with E-state index in [2.05, 4.69) is 0 Å². The molecule has 0 aliphatic heterocycles. The van der Waals surface area contributed by atoms with Crippen molar-refractivity contribution in [3.63, 3.8) is 0 Å². The van der Waals surface area contributed by atoms with E-state index < -0.39 is 6.10 Å². The van der Waals surface area contributed by atoms with Crippen LogP contribution in [0, 0.1) is 0 Å². The van der Waals surface area contributed by atoms with Crippen LogP contribution in [0.15, 0.2) is 11.3 Å². The molecule has 0 aliphatic rings. The molecular weight excluding hydrogens is 156 g/mol. The van der Waals surface area contributed by atoms with Crippen LogP contribution in [0.2, 0.25) is 0 Å². The third-order valence-corrected chi connectivity index (χ3v) is 1.43. The van der Waals surface area contributed by atoms with Gasteiger partial charge in [0.05, 0.1) is 13.2 Å². The van der Waals surface area contributed by atoms with Crippen molar-refractivity contribution < 1.29 is 14.9 Å². The number of aliphatic hydroxyl groups is 2. The number of hydrogen-bond donors (Lipinski definition) is 2. The van der Waals surface area contributed by atoms with E-state index in [1.165, 1.54) is 0 Å². The molecule has 0 bridgehead atoms. The molecule has 0 aliphatic carbocycles. The van der Waals surface area contributed by atoms with Crippen molar-refractivity contribution in [1.82, 2.24) is 0 Å². The summed E-state index contributed by atoms with van der Waals surface area (Å²) >= 11 is 0. The summed E-state index contributed by atoms with van der Waals surface area (Å²) in [6.07, 6.45) is 0.0242. The van der Waals surface area contributed by atoms with E-state index in [9.17, 15) is 5.11 Å². The maximum absolute atomic E-state index is 9.28. The topological polar surface area (TPSA) is 49.7 Å². The van der Waals surface area contributed by atoms with Crippen LogP contribution < -0.4 is 0 Å². The van der Waals surface area contributed by atoms with E-state index in [1.807, 2.05) is 20.8 Å². The lowest BCUT2D eigenvalue weighted by Crippen LogP contribution is -2.18. The van der Waals surface area contributed by atoms with Crippen molar-refractivity contribution in [2.24, 2.45) is 0 Å². The maximum Gasteiger partial charge on any atom is 0.134 e. The summed E-state index contributed by atoms with van der Waals surface area (Å²) in [5.41, 5.74) is 0.907. The van der Waals surface area contributed by atoms with Gasteiger partial charge in [0.2, 0.25) is 0 Å². The highest BCUT2D eigenvalue weighted by atomic mass is 16.5. The number of aliphatic hydroxyl groups excluding tert-OH is 2. The SMILES string of the molecule is CCCOC(=C(C)C)C(O)CO. The molecule has 0 amide bonds. The molecule has 0 heterocycles. The standard InChI is InChI=1S/C9H18O3/c1-4-5-12-9(7(2)3)8(11)6-10/h8,10-11H,4-6H2,1-3H3. The average Bonchev–Trinajstić information content (AvgIpc) is 2.04. The molecule has 0 rings (SSSR count). The Morgan fingerprint density at radius 3 is 2.33 bits per heavy atom. The fourth-order valence-electron chi connectivity index (χ4n) is 0.869. The van der Waals surface area contributed by atoms with Gasteiger partial charge >= 0.3 is 0 Å². The van der Waals surface area contributed by atoms with E-state index >= 15 is 0 Å². The molecule has 0 radical (unpaired) electrons. The van der Waals surface area contributed by atoms with E-state index in [-0.39, 0.29) is 6.61 Å². The number of ether oxygens (including phenoxy) is 1. The van der Waals surface area contributed by atoms with Crippen LogP contribution in [0.5, 0.6) is 0 Å². The van der Waals surface area contributed by atoms with Gasteiger partial charge in [0.1, 0.15) is 11.9 Å². The predicted molar refractivity (Wildman–Crippen MR) is 47.7 cm³/mol. The lowest BCUT2D eigenvalue weighted by atomic mass is 10.2. The van der Waals surface area contributed by atoms with E-state index in [0.717, 1.165) is 12.0 Å². The normalized spacial score (nSPS) is 12.4. The number of allylic oxidation sites excluding steroid dienone is 1. The Bertz CT molecular complexity index is 148. The van der Waals surface area contributed by atoms with Gasteiger partial charge in [0.15, 0.2) is 0 Å². The molecule has 2 N–H and O–H groups in total. The highest BCUT2D eigenvalue weighted by Crippen LogP contribution is 2.10. The van der Waals surface area contributed by atoms with Gasteiger partial charge in [-0.15, -0.1) is 0 Å². The van der Waals surface area contributed by atoms with Gasteiger partial charge < -0.3 is 14.9 Å². The van der Waals surface area contributed by atoms with Gasteiger partial charge in [-0.05, 0) is 25.8 Å². The number of rotatable bonds is 5. The summed E-state index contributed by atoms with van der Waals surface area (Å²) < 4.78 is 5.28. The molecule has 3 heteroatoms. The zero-order chi connectivity index (χ0) is 9.56. The summed E-state index contributed by atoms with van der Waals surface area (Å²) in [4.78, 5) is 0. The van der Waals surface area contributed by atoms with Crippen molar-refractivity contribution >= 4 is 0 Å². The zero-order valence-electron chi connectivity index (χ0n) is 8.00. The average molecular weight is 174 g/mol. The Morgan fingerprint density at radius 2 is 2.00 bits per heavy atom. The second kappa shape index (κ2) is 6.03. The fourth-order valence-corrected chi connectivity index (χ4v) is 0.869. The first-order valence-corrected chi connectivity index (χ1v) is 4.22. The smallest absolute Gasteiger partial charge is 0.134 e. The van der Waals surface area contributed by atoms with Gasteiger partial charge in [0.25, 0.3) is 0 Å². The molecule has 1 atom stereocenters. The minimum atomic E-state index is -0.874. The first kappa shape index (κ1) is 11.5. The molecule has 3 nitrogen and oxygen atoms in total. The largest absolute Gasteiger partial charge is 0.495 e. The van der Waals surface area contributed by atoms with E-state index in [0.29, 0.717) is 12.4 Å². The summed E-state index contributed by atoms with van der Waals surface area (Å²) in [6.45, 7) is 5.99. The Balaban J connectivity index is 4.15. The van der Waals surface area contributed by atoms with Crippen LogP contribution >= 0.6 is 0 Å². The lowest BCUT2D eigenvalue weighted by Gasteiger charge is -2.15. The molecule has 0 saturated carbocycles. The first-order chi connectivity index (χ1) is 5.63. The van der Waals surface area contributed by atoms with Crippen LogP contribution in [-0.4, -0.2) is 29.5 Å². The highest BCUT2D eigenvalue weighted by molar-refractivity contribution is 5.07. The van der Waals surface area contributed by atoms with Crippen LogP contribution in [-0.2, 0) is 4.74 Å². The molecule has 0 aromatic rings. The monoisotopic (exact) mass is 174 g/mol.